The van der Waals surface area contributed by atoms with Crippen LogP contribution < -0.4 is 10.3 Å². The van der Waals surface area contributed by atoms with Gasteiger partial charge in [-0.3, -0.25) is 4.79 Å². The molecule has 0 saturated heterocycles. The van der Waals surface area contributed by atoms with Gasteiger partial charge in [-0.2, -0.15) is 0 Å². The second kappa shape index (κ2) is 8.80. The Hall–Kier alpha value is -3.63. The molecular formula is C26H23NO3. The lowest BCUT2D eigenvalue weighted by Crippen LogP contribution is -2.21. The highest BCUT2D eigenvalue weighted by atomic mass is 16.5. The summed E-state index contributed by atoms with van der Waals surface area (Å²) in [5, 5.41) is 11.6. The van der Waals surface area contributed by atoms with Crippen molar-refractivity contribution in [2.24, 2.45) is 0 Å². The highest BCUT2D eigenvalue weighted by Crippen LogP contribution is 2.29. The molecule has 150 valence electrons. The van der Waals surface area contributed by atoms with E-state index in [-0.39, 0.29) is 12.2 Å². The van der Waals surface area contributed by atoms with Crippen molar-refractivity contribution in [1.29, 1.82) is 0 Å². The van der Waals surface area contributed by atoms with E-state index in [0.29, 0.717) is 29.9 Å². The molecule has 0 spiro atoms. The van der Waals surface area contributed by atoms with Gasteiger partial charge in [-0.25, -0.2) is 0 Å². The van der Waals surface area contributed by atoms with E-state index >= 15 is 0 Å². The van der Waals surface area contributed by atoms with E-state index < -0.39 is 0 Å². The molecule has 4 heteroatoms. The Labute approximate surface area is 175 Å². The molecule has 0 radical (unpaired) electrons. The van der Waals surface area contributed by atoms with Gasteiger partial charge in [-0.1, -0.05) is 54.6 Å². The molecule has 0 atom stereocenters. The number of allylic oxidation sites excluding steroid dienone is 1. The van der Waals surface area contributed by atoms with Crippen LogP contribution in [0, 0.1) is 0 Å². The maximum Gasteiger partial charge on any atom is 0.259 e. The van der Waals surface area contributed by atoms with Gasteiger partial charge in [0.15, 0.2) is 0 Å². The zero-order chi connectivity index (χ0) is 20.9. The number of ether oxygens (including phenoxy) is 1. The largest absolute Gasteiger partial charge is 0.489 e. The molecule has 0 aliphatic heterocycles. The molecule has 1 aromatic heterocycles. The first-order valence-electron chi connectivity index (χ1n) is 9.85. The van der Waals surface area contributed by atoms with Gasteiger partial charge in [0.05, 0.1) is 12.3 Å². The summed E-state index contributed by atoms with van der Waals surface area (Å²) in [7, 11) is 0. The van der Waals surface area contributed by atoms with Crippen LogP contribution in [0.3, 0.4) is 0 Å². The third-order valence-corrected chi connectivity index (χ3v) is 5.10. The summed E-state index contributed by atoms with van der Waals surface area (Å²) in [6, 6.07) is 25.0. The van der Waals surface area contributed by atoms with E-state index in [9.17, 15) is 9.90 Å². The second-order valence-electron chi connectivity index (χ2n) is 7.07. The zero-order valence-electron chi connectivity index (χ0n) is 16.6. The van der Waals surface area contributed by atoms with Crippen LogP contribution in [0.15, 0.2) is 96.3 Å². The van der Waals surface area contributed by atoms with Crippen molar-refractivity contribution in [2.75, 3.05) is 0 Å². The number of hydrogen-bond acceptors (Lipinski definition) is 3. The highest BCUT2D eigenvalue weighted by molar-refractivity contribution is 5.86. The van der Waals surface area contributed by atoms with Crippen molar-refractivity contribution >= 4 is 10.8 Å². The van der Waals surface area contributed by atoms with Gasteiger partial charge in [0.2, 0.25) is 0 Å². The van der Waals surface area contributed by atoms with Crippen LogP contribution in [0.4, 0.5) is 0 Å². The van der Waals surface area contributed by atoms with Gasteiger partial charge in [0, 0.05) is 17.5 Å². The first kappa shape index (κ1) is 19.7. The standard InChI is InChI=1S/C26H23NO3/c1-2-14-27-25(16-20-10-6-7-11-24(20)26(27)29)23-13-12-22(15-21(23)17-28)30-18-19-8-4-3-5-9-19/h2-13,15-16,28H,1,14,17-18H2. The fraction of sp³-hybridized carbons (Fsp3) is 0.115. The van der Waals surface area contributed by atoms with Gasteiger partial charge in [0.1, 0.15) is 12.4 Å². The minimum atomic E-state index is -0.160. The molecule has 0 aliphatic carbocycles. The Morgan fingerprint density at radius 2 is 1.73 bits per heavy atom. The molecule has 4 rings (SSSR count). The first-order chi connectivity index (χ1) is 14.7. The van der Waals surface area contributed by atoms with E-state index in [1.807, 2.05) is 78.9 Å². The predicted molar refractivity (Wildman–Crippen MR) is 121 cm³/mol. The molecule has 0 aliphatic rings. The summed E-state index contributed by atoms with van der Waals surface area (Å²) >= 11 is 0. The highest BCUT2D eigenvalue weighted by Gasteiger charge is 2.14. The van der Waals surface area contributed by atoms with Crippen LogP contribution in [0.5, 0.6) is 5.75 Å². The normalized spacial score (nSPS) is 10.8. The van der Waals surface area contributed by atoms with Crippen molar-refractivity contribution in [3.63, 3.8) is 0 Å². The van der Waals surface area contributed by atoms with Crippen LogP contribution in [-0.2, 0) is 19.8 Å². The van der Waals surface area contributed by atoms with Crippen molar-refractivity contribution < 1.29 is 9.84 Å². The molecule has 4 nitrogen and oxygen atoms in total. The molecule has 0 bridgehead atoms. The average Bonchev–Trinajstić information content (AvgIpc) is 2.80. The molecule has 1 heterocycles. The minimum Gasteiger partial charge on any atom is -0.489 e. The maximum atomic E-state index is 13.1. The molecule has 0 amide bonds. The van der Waals surface area contributed by atoms with E-state index in [1.165, 1.54) is 0 Å². The lowest BCUT2D eigenvalue weighted by molar-refractivity contribution is 0.278. The number of rotatable bonds is 7. The van der Waals surface area contributed by atoms with Gasteiger partial charge >= 0.3 is 0 Å². The number of nitrogens with zero attached hydrogens (tertiary/aromatic N) is 1. The molecular weight excluding hydrogens is 374 g/mol. The molecule has 0 unspecified atom stereocenters. The quantitative estimate of drug-likeness (QED) is 0.450. The number of aliphatic hydroxyl groups is 1. The maximum absolute atomic E-state index is 13.1. The van der Waals surface area contributed by atoms with E-state index in [0.717, 1.165) is 22.2 Å². The lowest BCUT2D eigenvalue weighted by atomic mass is 10.0. The first-order valence-corrected chi connectivity index (χ1v) is 9.85. The molecule has 30 heavy (non-hydrogen) atoms. The summed E-state index contributed by atoms with van der Waals surface area (Å²) < 4.78 is 7.59. The Kier molecular flexibility index (Phi) is 5.77. The average molecular weight is 397 g/mol. The fourth-order valence-electron chi connectivity index (χ4n) is 3.61. The Bertz CT molecular complexity index is 1240. The van der Waals surface area contributed by atoms with Gasteiger partial charge in [-0.15, -0.1) is 6.58 Å². The summed E-state index contributed by atoms with van der Waals surface area (Å²) in [6.07, 6.45) is 1.70. The summed E-state index contributed by atoms with van der Waals surface area (Å²) in [5.74, 6) is 0.671. The number of pyridine rings is 1. The monoisotopic (exact) mass is 397 g/mol. The van der Waals surface area contributed by atoms with Crippen LogP contribution in [0.2, 0.25) is 0 Å². The van der Waals surface area contributed by atoms with Crippen molar-refractivity contribution in [1.82, 2.24) is 4.57 Å². The Balaban J connectivity index is 1.76. The zero-order valence-corrected chi connectivity index (χ0v) is 16.6. The predicted octanol–water partition coefficient (Wildman–Crippen LogP) is 4.93. The van der Waals surface area contributed by atoms with Crippen LogP contribution in [-0.4, -0.2) is 9.67 Å². The number of benzene rings is 3. The number of hydrogen-bond donors (Lipinski definition) is 1. The molecule has 3 aromatic carbocycles. The number of aliphatic hydroxyl groups excluding tert-OH is 1. The fourth-order valence-corrected chi connectivity index (χ4v) is 3.61. The van der Waals surface area contributed by atoms with Crippen molar-refractivity contribution in [3.05, 3.63) is 113 Å². The minimum absolute atomic E-state index is 0.0729. The van der Waals surface area contributed by atoms with Crippen molar-refractivity contribution in [3.8, 4) is 17.0 Å². The lowest BCUT2D eigenvalue weighted by Gasteiger charge is -2.17. The van der Waals surface area contributed by atoms with Gasteiger partial charge < -0.3 is 14.4 Å². The molecule has 1 N–H and O–H groups in total. The second-order valence-corrected chi connectivity index (χ2v) is 7.07. The Morgan fingerprint density at radius 1 is 0.967 bits per heavy atom. The third kappa shape index (κ3) is 3.91. The van der Waals surface area contributed by atoms with Crippen LogP contribution in [0.1, 0.15) is 11.1 Å². The molecule has 0 fully saturated rings. The van der Waals surface area contributed by atoms with Crippen molar-refractivity contribution in [2.45, 2.75) is 19.8 Å². The van der Waals surface area contributed by atoms with Crippen LogP contribution >= 0.6 is 0 Å². The number of aromatic nitrogens is 1. The van der Waals surface area contributed by atoms with E-state index in [1.54, 1.807) is 10.6 Å². The molecule has 0 saturated carbocycles. The summed E-state index contributed by atoms with van der Waals surface area (Å²) in [6.45, 7) is 4.46. The summed E-state index contributed by atoms with van der Waals surface area (Å²) in [4.78, 5) is 13.1. The smallest absolute Gasteiger partial charge is 0.259 e. The Morgan fingerprint density at radius 3 is 2.50 bits per heavy atom. The third-order valence-electron chi connectivity index (χ3n) is 5.10. The topological polar surface area (TPSA) is 51.5 Å². The van der Waals surface area contributed by atoms with Gasteiger partial charge in [-0.05, 0) is 46.8 Å². The van der Waals surface area contributed by atoms with E-state index in [2.05, 4.69) is 6.58 Å². The molecule has 4 aromatic rings. The summed E-state index contributed by atoms with van der Waals surface area (Å²) in [5.41, 5.74) is 3.25. The van der Waals surface area contributed by atoms with Gasteiger partial charge in [0.25, 0.3) is 5.56 Å². The van der Waals surface area contributed by atoms with Crippen LogP contribution in [0.25, 0.3) is 22.0 Å². The number of fused-ring (bicyclic) bond motifs is 1. The van der Waals surface area contributed by atoms with E-state index in [4.69, 9.17) is 4.74 Å². The SMILES string of the molecule is C=CCn1c(-c2ccc(OCc3ccccc3)cc2CO)cc2ccccc2c1=O.